The van der Waals surface area contributed by atoms with Crippen molar-refractivity contribution in [2.75, 3.05) is 13.1 Å². The van der Waals surface area contributed by atoms with Crippen LogP contribution in [0.2, 0.25) is 0 Å². The molecule has 2 atom stereocenters. The summed E-state index contributed by atoms with van der Waals surface area (Å²) in [5, 5.41) is 8.97. The van der Waals surface area contributed by atoms with Crippen molar-refractivity contribution in [2.24, 2.45) is 11.8 Å². The van der Waals surface area contributed by atoms with Crippen LogP contribution in [0, 0.1) is 11.8 Å². The zero-order chi connectivity index (χ0) is 12.8. The largest absolute Gasteiger partial charge is 0.390 e. The molecule has 18 heavy (non-hydrogen) atoms. The maximum Gasteiger partial charge on any atom is 0.244 e. The molecule has 2 aliphatic rings. The highest BCUT2D eigenvalue weighted by Crippen LogP contribution is 2.39. The first-order valence-corrected chi connectivity index (χ1v) is 7.83. The summed E-state index contributed by atoms with van der Waals surface area (Å²) in [6.45, 7) is 1.15. The van der Waals surface area contributed by atoms with E-state index in [0.717, 1.165) is 12.8 Å². The zero-order valence-electron chi connectivity index (χ0n) is 10.2. The maximum absolute atomic E-state index is 12.4. The normalized spacial score (nSPS) is 28.7. The van der Waals surface area contributed by atoms with E-state index < -0.39 is 10.0 Å². The lowest BCUT2D eigenvalue weighted by atomic mass is 10.0. The second kappa shape index (κ2) is 4.36. The van der Waals surface area contributed by atoms with Gasteiger partial charge < -0.3 is 10.1 Å². The Morgan fingerprint density at radius 1 is 1.33 bits per heavy atom. The molecule has 5 nitrogen and oxygen atoms in total. The third kappa shape index (κ3) is 1.88. The minimum absolute atomic E-state index is 0.166. The first kappa shape index (κ1) is 12.2. The van der Waals surface area contributed by atoms with Crippen molar-refractivity contribution in [3.05, 3.63) is 18.0 Å². The van der Waals surface area contributed by atoms with Gasteiger partial charge in [0, 0.05) is 25.0 Å². The summed E-state index contributed by atoms with van der Waals surface area (Å²) in [5.74, 6) is 1.10. The lowest BCUT2D eigenvalue weighted by molar-refractivity contribution is 0.277. The van der Waals surface area contributed by atoms with Crippen molar-refractivity contribution in [2.45, 2.75) is 30.8 Å². The van der Waals surface area contributed by atoms with Crippen LogP contribution in [-0.4, -0.2) is 35.9 Å². The van der Waals surface area contributed by atoms with Gasteiger partial charge in [-0.2, -0.15) is 4.31 Å². The molecule has 6 heteroatoms. The predicted molar refractivity (Wildman–Crippen MR) is 66.3 cm³/mol. The van der Waals surface area contributed by atoms with Gasteiger partial charge in [-0.3, -0.25) is 0 Å². The van der Waals surface area contributed by atoms with Gasteiger partial charge in [0.25, 0.3) is 0 Å². The van der Waals surface area contributed by atoms with Gasteiger partial charge in [0.1, 0.15) is 0 Å². The molecule has 2 heterocycles. The number of nitrogens with one attached hydrogen (secondary N) is 1. The van der Waals surface area contributed by atoms with Gasteiger partial charge in [-0.15, -0.1) is 0 Å². The summed E-state index contributed by atoms with van der Waals surface area (Å²) in [6.07, 6.45) is 5.02. The van der Waals surface area contributed by atoms with Crippen LogP contribution < -0.4 is 0 Å². The smallest absolute Gasteiger partial charge is 0.244 e. The summed E-state index contributed by atoms with van der Waals surface area (Å²) in [5.41, 5.74) is 0.535. The molecule has 1 saturated heterocycles. The highest BCUT2D eigenvalue weighted by Gasteiger charge is 2.41. The molecule has 0 aromatic carbocycles. The van der Waals surface area contributed by atoms with E-state index in [4.69, 9.17) is 5.11 Å². The van der Waals surface area contributed by atoms with Crippen LogP contribution in [0.1, 0.15) is 25.0 Å². The highest BCUT2D eigenvalue weighted by molar-refractivity contribution is 7.89. The van der Waals surface area contributed by atoms with Gasteiger partial charge in [0.15, 0.2) is 0 Å². The number of hydrogen-bond donors (Lipinski definition) is 2. The Morgan fingerprint density at radius 3 is 2.56 bits per heavy atom. The Morgan fingerprint density at radius 2 is 2.00 bits per heavy atom. The molecule has 0 radical (unpaired) electrons. The number of rotatable bonds is 3. The Balaban J connectivity index is 1.82. The molecule has 0 bridgehead atoms. The summed E-state index contributed by atoms with van der Waals surface area (Å²) < 4.78 is 26.4. The second-order valence-electron chi connectivity index (χ2n) is 5.29. The highest BCUT2D eigenvalue weighted by atomic mass is 32.2. The molecule has 100 valence electrons. The Labute approximate surface area is 107 Å². The molecule has 1 aromatic heterocycles. The number of fused-ring (bicyclic) bond motifs is 1. The number of aliphatic hydroxyl groups is 1. The van der Waals surface area contributed by atoms with Gasteiger partial charge >= 0.3 is 0 Å². The van der Waals surface area contributed by atoms with Gasteiger partial charge in [-0.1, -0.05) is 6.42 Å². The fraction of sp³-hybridized carbons (Fsp3) is 0.667. The standard InChI is InChI=1S/C12H18N2O3S/c15-8-11-4-12(5-13-11)18(16,17)14-6-9-2-1-3-10(9)7-14/h4-5,9-10,13,15H,1-3,6-8H2. The molecule has 1 aromatic rings. The molecule has 3 rings (SSSR count). The van der Waals surface area contributed by atoms with E-state index in [1.807, 2.05) is 0 Å². The first-order chi connectivity index (χ1) is 8.61. The number of hydrogen-bond acceptors (Lipinski definition) is 3. The SMILES string of the molecule is O=S(=O)(c1c[nH]c(CO)c1)N1CC2CCCC2C1. The van der Waals surface area contributed by atoms with Gasteiger partial charge in [0.2, 0.25) is 10.0 Å². The lowest BCUT2D eigenvalue weighted by Gasteiger charge is -2.16. The van der Waals surface area contributed by atoms with E-state index in [-0.39, 0.29) is 11.5 Å². The second-order valence-corrected chi connectivity index (χ2v) is 7.23. The molecule has 0 amide bonds. The fourth-order valence-electron chi connectivity index (χ4n) is 3.20. The summed E-state index contributed by atoms with van der Waals surface area (Å²) in [6, 6.07) is 1.52. The van der Waals surface area contributed by atoms with E-state index in [1.165, 1.54) is 18.7 Å². The van der Waals surface area contributed by atoms with Crippen LogP contribution in [0.4, 0.5) is 0 Å². The molecule has 1 aliphatic heterocycles. The summed E-state index contributed by atoms with van der Waals surface area (Å²) >= 11 is 0. The van der Waals surface area contributed by atoms with Crippen LogP contribution in [0.25, 0.3) is 0 Å². The van der Waals surface area contributed by atoms with Crippen molar-refractivity contribution in [1.82, 2.24) is 9.29 Å². The van der Waals surface area contributed by atoms with E-state index in [9.17, 15) is 8.42 Å². The maximum atomic E-state index is 12.4. The average molecular weight is 270 g/mol. The van der Waals surface area contributed by atoms with E-state index >= 15 is 0 Å². The quantitative estimate of drug-likeness (QED) is 0.858. The number of aromatic amines is 1. The van der Waals surface area contributed by atoms with Crippen LogP contribution in [0.15, 0.2) is 17.2 Å². The fourth-order valence-corrected chi connectivity index (χ4v) is 4.77. The number of aromatic nitrogens is 1. The molecule has 1 aliphatic carbocycles. The van der Waals surface area contributed by atoms with Crippen molar-refractivity contribution in [3.8, 4) is 0 Å². The van der Waals surface area contributed by atoms with Crippen molar-refractivity contribution < 1.29 is 13.5 Å². The van der Waals surface area contributed by atoms with Gasteiger partial charge in [0.05, 0.1) is 11.5 Å². The summed E-state index contributed by atoms with van der Waals surface area (Å²) in [4.78, 5) is 3.05. The number of nitrogens with zero attached hydrogens (tertiary/aromatic N) is 1. The van der Waals surface area contributed by atoms with Crippen molar-refractivity contribution in [3.63, 3.8) is 0 Å². The van der Waals surface area contributed by atoms with Crippen LogP contribution in [-0.2, 0) is 16.6 Å². The Bertz CT molecular complexity index is 525. The lowest BCUT2D eigenvalue weighted by Crippen LogP contribution is -2.29. The van der Waals surface area contributed by atoms with E-state index in [1.54, 1.807) is 4.31 Å². The molecule has 2 fully saturated rings. The number of H-pyrrole nitrogens is 1. The van der Waals surface area contributed by atoms with E-state index in [0.29, 0.717) is 30.6 Å². The average Bonchev–Trinajstić information content (AvgIpc) is 3.03. The van der Waals surface area contributed by atoms with E-state index in [2.05, 4.69) is 4.98 Å². The number of aliphatic hydroxyl groups excluding tert-OH is 1. The third-order valence-electron chi connectivity index (χ3n) is 4.22. The van der Waals surface area contributed by atoms with Crippen LogP contribution >= 0.6 is 0 Å². The molecule has 2 N–H and O–H groups in total. The van der Waals surface area contributed by atoms with Crippen molar-refractivity contribution >= 4 is 10.0 Å². The monoisotopic (exact) mass is 270 g/mol. The first-order valence-electron chi connectivity index (χ1n) is 6.39. The van der Waals surface area contributed by atoms with Gasteiger partial charge in [-0.05, 0) is 30.7 Å². The molecule has 1 saturated carbocycles. The van der Waals surface area contributed by atoms with Gasteiger partial charge in [-0.25, -0.2) is 8.42 Å². The van der Waals surface area contributed by atoms with Crippen molar-refractivity contribution in [1.29, 1.82) is 0 Å². The predicted octanol–water partition coefficient (Wildman–Crippen LogP) is 0.928. The Hall–Kier alpha value is -0.850. The van der Waals surface area contributed by atoms with Crippen LogP contribution in [0.5, 0.6) is 0 Å². The topological polar surface area (TPSA) is 73.4 Å². The molecule has 2 unspecified atom stereocenters. The molecular formula is C12H18N2O3S. The Kier molecular flexibility index (Phi) is 2.96. The minimum Gasteiger partial charge on any atom is -0.390 e. The minimum atomic E-state index is -3.38. The third-order valence-corrected chi connectivity index (χ3v) is 6.03. The number of sulfonamides is 1. The zero-order valence-corrected chi connectivity index (χ0v) is 11.0. The molecular weight excluding hydrogens is 252 g/mol. The molecule has 0 spiro atoms. The summed E-state index contributed by atoms with van der Waals surface area (Å²) in [7, 11) is -3.38. The van der Waals surface area contributed by atoms with Crippen LogP contribution in [0.3, 0.4) is 0 Å².